The van der Waals surface area contributed by atoms with Gasteiger partial charge in [-0.05, 0) is 31.8 Å². The molecule has 0 aliphatic carbocycles. The number of hydrogen-bond acceptors (Lipinski definition) is 4. The van der Waals surface area contributed by atoms with Gasteiger partial charge in [0.05, 0.1) is 0 Å². The van der Waals surface area contributed by atoms with Gasteiger partial charge < -0.3 is 15.2 Å². The van der Waals surface area contributed by atoms with Gasteiger partial charge in [-0.15, -0.1) is 34.2 Å². The number of aromatic nitrogens is 3. The molecule has 158 valence electrons. The Morgan fingerprint density at radius 2 is 1.63 bits per heavy atom. The van der Waals surface area contributed by atoms with Gasteiger partial charge in [0.1, 0.15) is 12.4 Å². The predicted octanol–water partition coefficient (Wildman–Crippen LogP) is 4.28. The van der Waals surface area contributed by atoms with E-state index in [4.69, 9.17) is 0 Å². The van der Waals surface area contributed by atoms with E-state index in [9.17, 15) is 0 Å². The van der Waals surface area contributed by atoms with Crippen molar-refractivity contribution in [1.29, 1.82) is 0 Å². The first-order chi connectivity index (χ1) is 12.7. The molecule has 0 unspecified atom stereocenters. The maximum atomic E-state index is 4.69. The van der Waals surface area contributed by atoms with Crippen LogP contribution < -0.4 is 10.6 Å². The maximum Gasteiger partial charge on any atom is 0.191 e. The summed E-state index contributed by atoms with van der Waals surface area (Å²) in [5.41, 5.74) is 0. The normalized spacial score (nSPS) is 11.3. The van der Waals surface area contributed by atoms with Gasteiger partial charge in [0.25, 0.3) is 0 Å². The van der Waals surface area contributed by atoms with Crippen LogP contribution in [0.1, 0.15) is 69.9 Å². The Morgan fingerprint density at radius 1 is 1.00 bits per heavy atom. The summed E-state index contributed by atoms with van der Waals surface area (Å²) in [6, 6.07) is 0. The van der Waals surface area contributed by atoms with E-state index >= 15 is 0 Å². The molecule has 0 aliphatic heterocycles. The van der Waals surface area contributed by atoms with Crippen LogP contribution in [0.15, 0.2) is 4.99 Å². The zero-order valence-corrected chi connectivity index (χ0v) is 20.7. The fraction of sp³-hybridized carbons (Fsp3) is 0.842. The van der Waals surface area contributed by atoms with Crippen LogP contribution in [0.2, 0.25) is 0 Å². The van der Waals surface area contributed by atoms with Crippen molar-refractivity contribution in [2.75, 3.05) is 25.1 Å². The SMILES string of the molecule is CCCCCCCCCNC(=NCc1nnc(C)n1C)NCCCSC.I. The zero-order valence-electron chi connectivity index (χ0n) is 17.6. The lowest BCUT2D eigenvalue weighted by atomic mass is 10.1. The lowest BCUT2D eigenvalue weighted by Gasteiger charge is -2.12. The molecule has 0 saturated heterocycles. The second-order valence-corrected chi connectivity index (χ2v) is 7.69. The van der Waals surface area contributed by atoms with Gasteiger partial charge in [0.2, 0.25) is 0 Å². The first-order valence-corrected chi connectivity index (χ1v) is 11.4. The molecule has 0 aliphatic rings. The highest BCUT2D eigenvalue weighted by molar-refractivity contribution is 14.0. The van der Waals surface area contributed by atoms with Gasteiger partial charge in [-0.3, -0.25) is 0 Å². The number of guanidine groups is 1. The number of nitrogens with zero attached hydrogens (tertiary/aromatic N) is 4. The van der Waals surface area contributed by atoms with E-state index in [-0.39, 0.29) is 24.0 Å². The Hall–Kier alpha value is -0.510. The minimum atomic E-state index is 0. The van der Waals surface area contributed by atoms with Gasteiger partial charge in [-0.25, -0.2) is 4.99 Å². The molecule has 1 rings (SSSR count). The molecule has 0 bridgehead atoms. The van der Waals surface area contributed by atoms with Crippen molar-refractivity contribution in [1.82, 2.24) is 25.4 Å². The van der Waals surface area contributed by atoms with E-state index in [0.29, 0.717) is 6.54 Å². The molecule has 0 fully saturated rings. The molecule has 0 saturated carbocycles. The molecular formula is C19H39IN6S. The van der Waals surface area contributed by atoms with Crippen LogP contribution in [0.25, 0.3) is 0 Å². The van der Waals surface area contributed by atoms with Crippen molar-refractivity contribution in [3.63, 3.8) is 0 Å². The monoisotopic (exact) mass is 510 g/mol. The molecule has 2 N–H and O–H groups in total. The van der Waals surface area contributed by atoms with Crippen molar-refractivity contribution >= 4 is 41.7 Å². The highest BCUT2D eigenvalue weighted by Crippen LogP contribution is 2.06. The van der Waals surface area contributed by atoms with E-state index in [1.807, 2.05) is 30.3 Å². The average Bonchev–Trinajstić information content (AvgIpc) is 2.96. The van der Waals surface area contributed by atoms with E-state index in [2.05, 4.69) is 39.0 Å². The molecule has 0 radical (unpaired) electrons. The molecule has 8 heteroatoms. The summed E-state index contributed by atoms with van der Waals surface area (Å²) in [6.45, 7) is 6.69. The van der Waals surface area contributed by atoms with E-state index in [1.54, 1.807) is 0 Å². The number of hydrogen-bond donors (Lipinski definition) is 2. The Bertz CT molecular complexity index is 506. The summed E-state index contributed by atoms with van der Waals surface area (Å²) in [7, 11) is 1.98. The number of aliphatic imine (C=N–C) groups is 1. The van der Waals surface area contributed by atoms with Crippen molar-refractivity contribution in [3.8, 4) is 0 Å². The Kier molecular flexibility index (Phi) is 17.2. The standard InChI is InChI=1S/C19H38N6S.HI/c1-5-6-7-8-9-10-11-13-20-19(21-14-12-15-26-4)22-16-18-24-23-17(2)25(18)3;/h5-16H2,1-4H3,(H2,20,21,22);1H. The van der Waals surface area contributed by atoms with Crippen molar-refractivity contribution in [2.45, 2.75) is 71.8 Å². The molecule has 27 heavy (non-hydrogen) atoms. The minimum Gasteiger partial charge on any atom is -0.356 e. The highest BCUT2D eigenvalue weighted by atomic mass is 127. The largest absolute Gasteiger partial charge is 0.356 e. The predicted molar refractivity (Wildman–Crippen MR) is 129 cm³/mol. The summed E-state index contributed by atoms with van der Waals surface area (Å²) in [5.74, 6) is 3.86. The molecule has 1 heterocycles. The summed E-state index contributed by atoms with van der Waals surface area (Å²) in [5, 5.41) is 15.2. The zero-order chi connectivity index (χ0) is 19.0. The fourth-order valence-electron chi connectivity index (χ4n) is 2.62. The van der Waals surface area contributed by atoms with Crippen LogP contribution in [0.3, 0.4) is 0 Å². The van der Waals surface area contributed by atoms with Gasteiger partial charge in [0.15, 0.2) is 11.8 Å². The molecular weight excluding hydrogens is 471 g/mol. The van der Waals surface area contributed by atoms with E-state index < -0.39 is 0 Å². The first-order valence-electron chi connectivity index (χ1n) is 10.0. The average molecular weight is 511 g/mol. The summed E-state index contributed by atoms with van der Waals surface area (Å²) >= 11 is 1.88. The Balaban J connectivity index is 0.00000676. The number of halogens is 1. The summed E-state index contributed by atoms with van der Waals surface area (Å²) in [4.78, 5) is 4.69. The van der Waals surface area contributed by atoms with Crippen LogP contribution in [0.5, 0.6) is 0 Å². The second kappa shape index (κ2) is 17.6. The lowest BCUT2D eigenvalue weighted by Crippen LogP contribution is -2.38. The smallest absolute Gasteiger partial charge is 0.191 e. The quantitative estimate of drug-likeness (QED) is 0.169. The number of unbranched alkanes of at least 4 members (excludes halogenated alkanes) is 6. The molecule has 0 amide bonds. The number of nitrogens with one attached hydrogen (secondary N) is 2. The van der Waals surface area contributed by atoms with Crippen LogP contribution in [0.4, 0.5) is 0 Å². The van der Waals surface area contributed by atoms with Crippen LogP contribution >= 0.6 is 35.7 Å². The third kappa shape index (κ3) is 12.5. The third-order valence-electron chi connectivity index (χ3n) is 4.45. The molecule has 0 atom stereocenters. The lowest BCUT2D eigenvalue weighted by molar-refractivity contribution is 0.583. The molecule has 1 aromatic rings. The molecule has 6 nitrogen and oxygen atoms in total. The van der Waals surface area contributed by atoms with Crippen LogP contribution in [0, 0.1) is 6.92 Å². The highest BCUT2D eigenvalue weighted by Gasteiger charge is 2.05. The summed E-state index contributed by atoms with van der Waals surface area (Å²) in [6.07, 6.45) is 12.5. The van der Waals surface area contributed by atoms with E-state index in [0.717, 1.165) is 37.1 Å². The third-order valence-corrected chi connectivity index (χ3v) is 5.15. The molecule has 0 aromatic carbocycles. The number of thioether (sulfide) groups is 1. The maximum absolute atomic E-state index is 4.69. The van der Waals surface area contributed by atoms with Gasteiger partial charge in [0, 0.05) is 20.1 Å². The van der Waals surface area contributed by atoms with E-state index in [1.165, 1.54) is 50.7 Å². The van der Waals surface area contributed by atoms with Crippen molar-refractivity contribution < 1.29 is 0 Å². The van der Waals surface area contributed by atoms with Gasteiger partial charge >= 0.3 is 0 Å². The number of aryl methyl sites for hydroxylation is 1. The van der Waals surface area contributed by atoms with Crippen molar-refractivity contribution in [3.05, 3.63) is 11.6 Å². The topological polar surface area (TPSA) is 67.1 Å². The van der Waals surface area contributed by atoms with Gasteiger partial charge in [-0.1, -0.05) is 45.4 Å². The Morgan fingerprint density at radius 3 is 2.22 bits per heavy atom. The minimum absolute atomic E-state index is 0. The summed E-state index contributed by atoms with van der Waals surface area (Å²) < 4.78 is 1.99. The second-order valence-electron chi connectivity index (χ2n) is 6.71. The number of rotatable bonds is 14. The molecule has 0 spiro atoms. The first kappa shape index (κ1) is 26.5. The van der Waals surface area contributed by atoms with Gasteiger partial charge in [-0.2, -0.15) is 11.8 Å². The molecule has 1 aromatic heterocycles. The van der Waals surface area contributed by atoms with Crippen molar-refractivity contribution in [2.24, 2.45) is 12.0 Å². The fourth-order valence-corrected chi connectivity index (χ4v) is 3.06. The van der Waals surface area contributed by atoms with Crippen LogP contribution in [-0.2, 0) is 13.6 Å². The van der Waals surface area contributed by atoms with Crippen LogP contribution in [-0.4, -0.2) is 45.8 Å². The Labute approximate surface area is 187 Å².